The molecule has 4 aliphatic rings. The fourth-order valence-corrected chi connectivity index (χ4v) is 9.78. The maximum Gasteiger partial charge on any atom is 0.245 e. The van der Waals surface area contributed by atoms with Gasteiger partial charge in [0, 0.05) is 59.8 Å². The van der Waals surface area contributed by atoms with Crippen LogP contribution >= 0.6 is 12.4 Å². The molecule has 16 heteroatoms. The first-order valence-electron chi connectivity index (χ1n) is 22.1. The molecule has 0 radical (unpaired) electrons. The molecule has 4 fully saturated rings. The van der Waals surface area contributed by atoms with Crippen LogP contribution in [0.4, 0.5) is 0 Å². The molecule has 2 saturated heterocycles. The molecule has 6 aromatic rings. The monoisotopic (exact) mass is 892 g/mol. The topological polar surface area (TPSA) is 173 Å². The number of benzene rings is 2. The van der Waals surface area contributed by atoms with Gasteiger partial charge in [0.25, 0.3) is 0 Å². The highest BCUT2D eigenvalue weighted by Crippen LogP contribution is 2.41. The standard InChI is InChI=1S/C24H29N5O3S.C23H27N5O.ClH/c1-16-14-19(17-11-12-17)25-22-15-20(26-29(16)22)21-10-6-7-13-28(21)24(30)23(27-33(2,31)32)18-8-4-3-5-9-18;1-15-13-18(16-10-11-16)25-21-14-19(26-28(15)21)20-9-5-6-12-27(20)23(29)22(24)17-7-3-2-4-8-17;/h3-5,8-9,14-15,17,21,23,27H,6-7,10-13H2,1-2H3;2-4,7-8,13-14,16,20,22H,5-6,9-12,24H2,1H3;1H/t21-,23?;20-,22?;/m00./s1. The first kappa shape index (κ1) is 44.4. The summed E-state index contributed by atoms with van der Waals surface area (Å²) in [7, 11) is -3.60. The maximum absolute atomic E-state index is 13.7. The Morgan fingerprint density at radius 1 is 0.635 bits per heavy atom. The lowest BCUT2D eigenvalue weighted by atomic mass is 9.97. The molecule has 0 bridgehead atoms. The summed E-state index contributed by atoms with van der Waals surface area (Å²) in [5.41, 5.74) is 15.6. The van der Waals surface area contributed by atoms with Gasteiger partial charge < -0.3 is 15.5 Å². The van der Waals surface area contributed by atoms with Crippen LogP contribution in [0.25, 0.3) is 11.3 Å². The van der Waals surface area contributed by atoms with Crippen molar-refractivity contribution in [3.05, 3.63) is 130 Å². The van der Waals surface area contributed by atoms with Gasteiger partial charge in [-0.15, -0.1) is 12.4 Å². The summed E-state index contributed by atoms with van der Waals surface area (Å²) in [6.07, 6.45) is 11.5. The van der Waals surface area contributed by atoms with Gasteiger partial charge >= 0.3 is 0 Å². The van der Waals surface area contributed by atoms with Gasteiger partial charge in [0.1, 0.15) is 12.1 Å². The van der Waals surface area contributed by atoms with Crippen LogP contribution < -0.4 is 10.5 Å². The van der Waals surface area contributed by atoms with E-state index in [0.29, 0.717) is 23.9 Å². The van der Waals surface area contributed by atoms with Crippen molar-refractivity contribution >= 4 is 45.5 Å². The number of sulfonamides is 1. The number of carbonyl (C=O) groups excluding carboxylic acids is 2. The number of aromatic nitrogens is 6. The predicted molar refractivity (Wildman–Crippen MR) is 244 cm³/mol. The Morgan fingerprint density at radius 2 is 1.08 bits per heavy atom. The number of rotatable bonds is 10. The van der Waals surface area contributed by atoms with E-state index in [-0.39, 0.29) is 36.3 Å². The fraction of sp³-hybridized carbons (Fsp3) is 0.447. The molecule has 63 heavy (non-hydrogen) atoms. The first-order chi connectivity index (χ1) is 29.9. The Hall–Kier alpha value is -5.22. The van der Waals surface area contributed by atoms with Crippen molar-refractivity contribution < 1.29 is 18.0 Å². The van der Waals surface area contributed by atoms with E-state index in [9.17, 15) is 18.0 Å². The van der Waals surface area contributed by atoms with Gasteiger partial charge in [0.15, 0.2) is 11.3 Å². The summed E-state index contributed by atoms with van der Waals surface area (Å²) in [6, 6.07) is 25.0. The van der Waals surface area contributed by atoms with E-state index >= 15 is 0 Å². The van der Waals surface area contributed by atoms with E-state index in [2.05, 4.69) is 29.8 Å². The Balaban J connectivity index is 0.000000171. The van der Waals surface area contributed by atoms with Gasteiger partial charge in [-0.2, -0.15) is 14.9 Å². The van der Waals surface area contributed by atoms with E-state index in [0.717, 1.165) is 96.7 Å². The molecule has 332 valence electrons. The summed E-state index contributed by atoms with van der Waals surface area (Å²) < 4.78 is 30.5. The lowest BCUT2D eigenvalue weighted by Crippen LogP contribution is -2.46. The molecule has 14 nitrogen and oxygen atoms in total. The number of carbonyl (C=O) groups is 2. The van der Waals surface area contributed by atoms with Gasteiger partial charge in [-0.3, -0.25) is 9.59 Å². The second-order valence-electron chi connectivity index (χ2n) is 17.6. The molecule has 3 N–H and O–H groups in total. The average Bonchev–Trinajstić information content (AvgIpc) is 4.23. The van der Waals surface area contributed by atoms with E-state index in [1.54, 1.807) is 29.2 Å². The van der Waals surface area contributed by atoms with Crippen LogP contribution in [-0.2, 0) is 19.6 Å². The van der Waals surface area contributed by atoms with Crippen LogP contribution in [0.2, 0.25) is 0 Å². The SMILES string of the molecule is Cc1cc(C2CC2)nc2cc([C@@H]3CCCCN3C(=O)C(N)c3ccccc3)nn12.Cc1cc(C2CC2)nc2cc([C@@H]3CCCCN3C(=O)C(NS(C)(=O)=O)c3ccccc3)nn12.Cl. The number of likely N-dealkylation sites (tertiary alicyclic amines) is 2. The third kappa shape index (κ3) is 9.81. The highest BCUT2D eigenvalue weighted by Gasteiger charge is 2.37. The van der Waals surface area contributed by atoms with Gasteiger partial charge in [-0.1, -0.05) is 60.7 Å². The first-order valence-corrected chi connectivity index (χ1v) is 24.0. The number of fused-ring (bicyclic) bond motifs is 2. The van der Waals surface area contributed by atoms with Crippen LogP contribution in [0.15, 0.2) is 84.9 Å². The second-order valence-corrected chi connectivity index (χ2v) is 19.4. The normalized spacial score (nSPS) is 20.1. The van der Waals surface area contributed by atoms with Crippen LogP contribution in [0.1, 0.15) is 146 Å². The van der Waals surface area contributed by atoms with Crippen LogP contribution in [0, 0.1) is 13.8 Å². The number of hydrogen-bond donors (Lipinski definition) is 2. The number of piperidine rings is 2. The van der Waals surface area contributed by atoms with Crippen molar-refractivity contribution in [2.24, 2.45) is 5.73 Å². The number of nitrogens with one attached hydrogen (secondary N) is 1. The Labute approximate surface area is 375 Å². The quantitative estimate of drug-likeness (QED) is 0.143. The van der Waals surface area contributed by atoms with E-state index in [1.807, 2.05) is 63.3 Å². The average molecular weight is 894 g/mol. The van der Waals surface area contributed by atoms with Crippen molar-refractivity contribution in [3.8, 4) is 0 Å². The second kappa shape index (κ2) is 18.5. The Kier molecular flexibility index (Phi) is 13.0. The van der Waals surface area contributed by atoms with Crippen molar-refractivity contribution in [2.45, 2.75) is 114 Å². The maximum atomic E-state index is 13.7. The lowest BCUT2D eigenvalue weighted by Gasteiger charge is -2.37. The van der Waals surface area contributed by atoms with E-state index < -0.39 is 22.1 Å². The smallest absolute Gasteiger partial charge is 0.245 e. The number of aryl methyl sites for hydroxylation is 2. The number of amides is 2. The molecule has 2 aliphatic heterocycles. The molecule has 2 aliphatic carbocycles. The van der Waals surface area contributed by atoms with Gasteiger partial charge in [-0.05, 0) is 101 Å². The molecule has 6 heterocycles. The Morgan fingerprint density at radius 3 is 1.52 bits per heavy atom. The van der Waals surface area contributed by atoms with Crippen molar-refractivity contribution in [2.75, 3.05) is 19.3 Å². The molecule has 4 atom stereocenters. The molecule has 0 spiro atoms. The zero-order chi connectivity index (χ0) is 43.1. The number of nitrogens with two attached hydrogens (primary N) is 1. The van der Waals surface area contributed by atoms with Crippen molar-refractivity contribution in [1.29, 1.82) is 0 Å². The molecular weight excluding hydrogens is 836 g/mol. The van der Waals surface area contributed by atoms with Gasteiger partial charge in [0.2, 0.25) is 21.8 Å². The largest absolute Gasteiger partial charge is 0.332 e. The van der Waals surface area contributed by atoms with Crippen LogP contribution in [-0.4, -0.2) is 78.6 Å². The summed E-state index contributed by atoms with van der Waals surface area (Å²) in [6.45, 7) is 5.39. The minimum absolute atomic E-state index is 0. The van der Waals surface area contributed by atoms with Crippen molar-refractivity contribution in [1.82, 2.24) is 43.7 Å². The highest BCUT2D eigenvalue weighted by molar-refractivity contribution is 7.88. The Bertz CT molecular complexity index is 2700. The fourth-order valence-electron chi connectivity index (χ4n) is 9.11. The third-order valence-electron chi connectivity index (χ3n) is 12.7. The lowest BCUT2D eigenvalue weighted by molar-refractivity contribution is -0.137. The van der Waals surface area contributed by atoms with Gasteiger partial charge in [-0.25, -0.2) is 27.4 Å². The van der Waals surface area contributed by atoms with Crippen LogP contribution in [0.5, 0.6) is 0 Å². The molecule has 10 rings (SSSR count). The summed E-state index contributed by atoms with van der Waals surface area (Å²) >= 11 is 0. The van der Waals surface area contributed by atoms with E-state index in [1.165, 1.54) is 31.4 Å². The minimum Gasteiger partial charge on any atom is -0.332 e. The van der Waals surface area contributed by atoms with Crippen molar-refractivity contribution in [3.63, 3.8) is 0 Å². The molecule has 2 saturated carbocycles. The molecule has 4 aromatic heterocycles. The summed E-state index contributed by atoms with van der Waals surface area (Å²) in [4.78, 5) is 40.4. The molecular formula is C47H57ClN10O4S. The number of halogens is 1. The number of hydrogen-bond acceptors (Lipinski definition) is 9. The zero-order valence-electron chi connectivity index (χ0n) is 36.1. The summed E-state index contributed by atoms with van der Waals surface area (Å²) in [5, 5.41) is 9.66. The predicted octanol–water partition coefficient (Wildman–Crippen LogP) is 7.35. The zero-order valence-corrected chi connectivity index (χ0v) is 37.8. The number of nitrogens with zero attached hydrogens (tertiary/aromatic N) is 8. The molecule has 2 amide bonds. The van der Waals surface area contributed by atoms with Gasteiger partial charge in [0.05, 0.1) is 29.7 Å². The van der Waals surface area contributed by atoms with Crippen LogP contribution in [0.3, 0.4) is 0 Å². The highest BCUT2D eigenvalue weighted by atomic mass is 35.5. The summed E-state index contributed by atoms with van der Waals surface area (Å²) in [5.74, 6) is 0.875. The third-order valence-corrected chi connectivity index (χ3v) is 13.3. The minimum atomic E-state index is -3.60. The molecule has 2 unspecified atom stereocenters. The molecule has 2 aromatic carbocycles. The van der Waals surface area contributed by atoms with E-state index in [4.69, 9.17) is 25.9 Å².